The van der Waals surface area contributed by atoms with Crippen molar-refractivity contribution >= 4 is 42.4 Å². The molecule has 0 unspecified atom stereocenters. The summed E-state index contributed by atoms with van der Waals surface area (Å²) in [7, 11) is -10.2. The fourth-order valence-electron chi connectivity index (χ4n) is 2.52. The summed E-state index contributed by atoms with van der Waals surface area (Å²) in [6.45, 7) is 0. The fourth-order valence-corrected chi connectivity index (χ4v) is 4.53. The van der Waals surface area contributed by atoms with Gasteiger partial charge >= 0.3 is 20.8 Å². The zero-order valence-corrected chi connectivity index (χ0v) is 15.0. The Morgan fingerprint density at radius 1 is 1.00 bits per heavy atom. The SMILES string of the molecule is O=S(=O)(O)OS(=O)(=O)O.c1ccc2sc(C3CCCCC3)nc2c1. The number of thiazole rings is 1. The van der Waals surface area contributed by atoms with Gasteiger partial charge in [0.2, 0.25) is 0 Å². The van der Waals surface area contributed by atoms with E-state index >= 15 is 0 Å². The van der Waals surface area contributed by atoms with Crippen LogP contribution in [0.15, 0.2) is 24.3 Å². The normalized spacial score (nSPS) is 16.6. The van der Waals surface area contributed by atoms with Gasteiger partial charge in [-0.1, -0.05) is 31.4 Å². The Kier molecular flexibility index (Phi) is 6.28. The highest BCUT2D eigenvalue weighted by atomic mass is 32.3. The maximum atomic E-state index is 9.44. The lowest BCUT2D eigenvalue weighted by Crippen LogP contribution is -2.10. The Balaban J connectivity index is 0.000000202. The molecule has 2 aromatic rings. The van der Waals surface area contributed by atoms with E-state index in [4.69, 9.17) is 14.1 Å². The van der Waals surface area contributed by atoms with Gasteiger partial charge in [0, 0.05) is 5.92 Å². The van der Waals surface area contributed by atoms with Crippen molar-refractivity contribution in [3.05, 3.63) is 29.3 Å². The zero-order chi connectivity index (χ0) is 17.8. The van der Waals surface area contributed by atoms with Gasteiger partial charge in [0.25, 0.3) is 0 Å². The summed E-state index contributed by atoms with van der Waals surface area (Å²) in [5.41, 5.74) is 1.18. The van der Waals surface area contributed by atoms with Crippen LogP contribution in [0.3, 0.4) is 0 Å². The van der Waals surface area contributed by atoms with Crippen LogP contribution in [0.1, 0.15) is 43.0 Å². The third-order valence-electron chi connectivity index (χ3n) is 3.44. The van der Waals surface area contributed by atoms with Gasteiger partial charge in [-0.05, 0) is 25.0 Å². The lowest BCUT2D eigenvalue weighted by atomic mass is 9.90. The van der Waals surface area contributed by atoms with Crippen molar-refractivity contribution < 1.29 is 29.6 Å². The van der Waals surface area contributed by atoms with E-state index in [9.17, 15) is 16.8 Å². The summed E-state index contributed by atoms with van der Waals surface area (Å²) in [6, 6.07) is 8.48. The van der Waals surface area contributed by atoms with Gasteiger partial charge in [0.15, 0.2) is 0 Å². The van der Waals surface area contributed by atoms with Crippen LogP contribution in [0.4, 0.5) is 0 Å². The molecule has 0 bridgehead atoms. The quantitative estimate of drug-likeness (QED) is 0.758. The highest BCUT2D eigenvalue weighted by Crippen LogP contribution is 2.36. The van der Waals surface area contributed by atoms with E-state index in [1.165, 1.54) is 47.3 Å². The minimum Gasteiger partial charge on any atom is -0.263 e. The molecule has 3 rings (SSSR count). The maximum absolute atomic E-state index is 9.44. The molecule has 11 heteroatoms. The van der Waals surface area contributed by atoms with Gasteiger partial charge in [-0.3, -0.25) is 9.11 Å². The minimum absolute atomic E-state index is 0.746. The average Bonchev–Trinajstić information content (AvgIpc) is 2.89. The molecule has 1 fully saturated rings. The first-order valence-corrected chi connectivity index (χ1v) is 10.7. The van der Waals surface area contributed by atoms with Crippen molar-refractivity contribution in [1.29, 1.82) is 0 Å². The largest absolute Gasteiger partial charge is 0.413 e. The topological polar surface area (TPSA) is 131 Å². The number of fused-ring (bicyclic) bond motifs is 1. The second-order valence-corrected chi connectivity index (χ2v) is 8.60. The molecule has 0 spiro atoms. The summed E-state index contributed by atoms with van der Waals surface area (Å²) in [5.74, 6) is 0.746. The molecule has 24 heavy (non-hydrogen) atoms. The van der Waals surface area contributed by atoms with Gasteiger partial charge < -0.3 is 0 Å². The number of hydrogen-bond acceptors (Lipinski definition) is 7. The Bertz CT molecular complexity index is 820. The maximum Gasteiger partial charge on any atom is 0.413 e. The van der Waals surface area contributed by atoms with Crippen LogP contribution >= 0.6 is 11.3 Å². The molecule has 1 aliphatic carbocycles. The van der Waals surface area contributed by atoms with Crippen LogP contribution in [-0.4, -0.2) is 30.9 Å². The molecule has 1 aromatic carbocycles. The molecular formula is C13H17NO7S3. The summed E-state index contributed by atoms with van der Waals surface area (Å²) in [4.78, 5) is 4.75. The zero-order valence-electron chi connectivity index (χ0n) is 12.5. The van der Waals surface area contributed by atoms with Gasteiger partial charge in [0.05, 0.1) is 15.2 Å². The summed E-state index contributed by atoms with van der Waals surface area (Å²) < 4.78 is 56.9. The summed E-state index contributed by atoms with van der Waals surface area (Å²) in [5, 5.41) is 1.37. The van der Waals surface area contributed by atoms with Crippen LogP contribution in [0, 0.1) is 0 Å². The third kappa shape index (κ3) is 6.42. The number of aromatic nitrogens is 1. The van der Waals surface area contributed by atoms with E-state index in [1.54, 1.807) is 0 Å². The van der Waals surface area contributed by atoms with Crippen LogP contribution in [0.25, 0.3) is 10.2 Å². The predicted octanol–water partition coefficient (Wildman–Crippen LogP) is 2.95. The minimum atomic E-state index is -5.12. The molecule has 1 aromatic heterocycles. The van der Waals surface area contributed by atoms with E-state index in [2.05, 4.69) is 27.9 Å². The second-order valence-electron chi connectivity index (χ2n) is 5.28. The monoisotopic (exact) mass is 395 g/mol. The first-order valence-electron chi connectivity index (χ1n) is 7.15. The molecule has 0 saturated heterocycles. The molecule has 0 atom stereocenters. The smallest absolute Gasteiger partial charge is 0.263 e. The van der Waals surface area contributed by atoms with Gasteiger partial charge in [-0.25, -0.2) is 4.98 Å². The molecule has 2 N–H and O–H groups in total. The molecule has 0 amide bonds. The van der Waals surface area contributed by atoms with Crippen LogP contribution in [-0.2, 0) is 24.4 Å². The Labute approximate surface area is 144 Å². The van der Waals surface area contributed by atoms with Crippen molar-refractivity contribution in [3.8, 4) is 0 Å². The summed E-state index contributed by atoms with van der Waals surface area (Å²) >= 11 is 1.89. The van der Waals surface area contributed by atoms with E-state index in [-0.39, 0.29) is 0 Å². The standard InChI is InChI=1S/C13H15NS.H2O7S2/c1-2-6-10(7-3-1)13-14-11-8-4-5-9-12(11)15-13;1-8(2,3)7-9(4,5)6/h4-5,8-10H,1-3,6-7H2;(H,1,2,3)(H,4,5,6). The van der Waals surface area contributed by atoms with Gasteiger partial charge in [0.1, 0.15) is 0 Å². The third-order valence-corrected chi connectivity index (χ3v) is 6.01. The molecule has 134 valence electrons. The van der Waals surface area contributed by atoms with E-state index in [0.29, 0.717) is 0 Å². The first-order chi connectivity index (χ1) is 11.1. The second kappa shape index (κ2) is 7.85. The molecular weight excluding hydrogens is 378 g/mol. The van der Waals surface area contributed by atoms with Crippen molar-refractivity contribution in [2.45, 2.75) is 38.0 Å². The van der Waals surface area contributed by atoms with Gasteiger partial charge in [-0.15, -0.1) is 15.0 Å². The van der Waals surface area contributed by atoms with E-state index in [1.807, 2.05) is 11.3 Å². The van der Waals surface area contributed by atoms with Crippen LogP contribution in [0.5, 0.6) is 0 Å². The lowest BCUT2D eigenvalue weighted by Gasteiger charge is -2.18. The first kappa shape index (κ1) is 19.2. The molecule has 1 aliphatic rings. The average molecular weight is 395 g/mol. The van der Waals surface area contributed by atoms with Crippen molar-refractivity contribution in [3.63, 3.8) is 0 Å². The molecule has 1 saturated carbocycles. The Morgan fingerprint density at radius 3 is 2.08 bits per heavy atom. The molecule has 0 radical (unpaired) electrons. The van der Waals surface area contributed by atoms with Crippen LogP contribution in [0.2, 0.25) is 0 Å². The molecule has 8 nitrogen and oxygen atoms in total. The number of para-hydroxylation sites is 1. The van der Waals surface area contributed by atoms with E-state index in [0.717, 1.165) is 5.92 Å². The lowest BCUT2D eigenvalue weighted by molar-refractivity contribution is 0.344. The number of nitrogens with zero attached hydrogens (tertiary/aromatic N) is 1. The summed E-state index contributed by atoms with van der Waals surface area (Å²) in [6.07, 6.45) is 6.89. The van der Waals surface area contributed by atoms with E-state index < -0.39 is 20.8 Å². The number of hydrogen-bond donors (Lipinski definition) is 2. The van der Waals surface area contributed by atoms with Gasteiger partial charge in [-0.2, -0.15) is 16.8 Å². The number of benzene rings is 1. The highest BCUT2D eigenvalue weighted by Gasteiger charge is 2.18. The van der Waals surface area contributed by atoms with Crippen molar-refractivity contribution in [1.82, 2.24) is 4.98 Å². The number of rotatable bonds is 3. The Morgan fingerprint density at radius 2 is 1.58 bits per heavy atom. The van der Waals surface area contributed by atoms with Crippen molar-refractivity contribution in [2.24, 2.45) is 0 Å². The van der Waals surface area contributed by atoms with Crippen LogP contribution < -0.4 is 0 Å². The Hall–Kier alpha value is -1.11. The highest BCUT2D eigenvalue weighted by molar-refractivity contribution is 7.94. The molecule has 1 heterocycles. The fraction of sp³-hybridized carbons (Fsp3) is 0.462. The molecule has 0 aliphatic heterocycles. The predicted molar refractivity (Wildman–Crippen MR) is 89.6 cm³/mol. The van der Waals surface area contributed by atoms with Crippen molar-refractivity contribution in [2.75, 3.05) is 0 Å².